The Kier molecular flexibility index (Phi) is 2.56. The van der Waals surface area contributed by atoms with E-state index >= 15 is 0 Å². The number of hydrogen-bond acceptors (Lipinski definition) is 2. The summed E-state index contributed by atoms with van der Waals surface area (Å²) in [5.74, 6) is 0. The highest BCUT2D eigenvalue weighted by Crippen LogP contribution is 2.25. The minimum absolute atomic E-state index is 0.440. The molecule has 4 nitrogen and oxygen atoms in total. The highest BCUT2D eigenvalue weighted by Gasteiger charge is 2.09. The lowest BCUT2D eigenvalue weighted by Gasteiger charge is -2.10. The topological polar surface area (TPSA) is 38.5 Å². The maximum atomic E-state index is 5.23. The molecule has 0 fully saturated rings. The van der Waals surface area contributed by atoms with Crippen LogP contribution in [0.25, 0.3) is 16.6 Å². The summed E-state index contributed by atoms with van der Waals surface area (Å²) in [6.07, 6.45) is 3.83. The molecule has 0 saturated carbocycles. The van der Waals surface area contributed by atoms with E-state index < -0.39 is 0 Å². The number of nitrogens with zero attached hydrogens (tertiary/aromatic N) is 3. The molecule has 3 rings (SSSR count). The molecule has 0 aliphatic heterocycles. The summed E-state index contributed by atoms with van der Waals surface area (Å²) < 4.78 is 4.75. The van der Waals surface area contributed by atoms with Crippen LogP contribution in [0.3, 0.4) is 0 Å². The number of H-pyrrole nitrogens is 1. The van der Waals surface area contributed by atoms with Crippen molar-refractivity contribution < 1.29 is 0 Å². The lowest BCUT2D eigenvalue weighted by molar-refractivity contribution is 0.623. The van der Waals surface area contributed by atoms with Crippen molar-refractivity contribution in [2.45, 2.75) is 19.9 Å². The van der Waals surface area contributed by atoms with Crippen molar-refractivity contribution in [1.82, 2.24) is 19.3 Å². The fourth-order valence-electron chi connectivity index (χ4n) is 2.25. The lowest BCUT2D eigenvalue weighted by atomic mass is 10.2. The molecule has 3 aromatic rings. The van der Waals surface area contributed by atoms with E-state index in [4.69, 9.17) is 12.2 Å². The zero-order chi connectivity index (χ0) is 12.7. The predicted molar refractivity (Wildman–Crippen MR) is 74.6 cm³/mol. The lowest BCUT2D eigenvalue weighted by Crippen LogP contribution is -1.99. The van der Waals surface area contributed by atoms with Gasteiger partial charge in [0.1, 0.15) is 6.33 Å². The monoisotopic (exact) mass is 258 g/mol. The van der Waals surface area contributed by atoms with Gasteiger partial charge in [-0.1, -0.05) is 6.07 Å². The van der Waals surface area contributed by atoms with Crippen molar-refractivity contribution in [2.75, 3.05) is 0 Å². The molecule has 0 amide bonds. The van der Waals surface area contributed by atoms with Crippen LogP contribution >= 0.6 is 12.2 Å². The first-order chi connectivity index (χ1) is 8.68. The highest BCUT2D eigenvalue weighted by molar-refractivity contribution is 7.71. The van der Waals surface area contributed by atoms with Crippen LogP contribution in [0.4, 0.5) is 0 Å². The van der Waals surface area contributed by atoms with Gasteiger partial charge in [0, 0.05) is 17.6 Å². The van der Waals surface area contributed by atoms with E-state index in [1.165, 1.54) is 10.9 Å². The smallest absolute Gasteiger partial charge is 0.199 e. The summed E-state index contributed by atoms with van der Waals surface area (Å²) >= 11 is 5.23. The van der Waals surface area contributed by atoms with Crippen LogP contribution in [-0.2, 0) is 0 Å². The first-order valence-corrected chi connectivity index (χ1v) is 6.31. The van der Waals surface area contributed by atoms with Crippen LogP contribution < -0.4 is 0 Å². The van der Waals surface area contributed by atoms with Crippen molar-refractivity contribution in [3.8, 4) is 5.69 Å². The second-order valence-corrected chi connectivity index (χ2v) is 4.94. The number of aromatic amines is 1. The number of fused-ring (bicyclic) bond motifs is 1. The molecule has 0 unspecified atom stereocenters. The Hall–Kier alpha value is -1.88. The third-order valence-corrected chi connectivity index (χ3v) is 3.40. The van der Waals surface area contributed by atoms with Gasteiger partial charge in [-0.05, 0) is 44.3 Å². The molecule has 0 aliphatic carbocycles. The summed E-state index contributed by atoms with van der Waals surface area (Å²) in [7, 11) is 0. The van der Waals surface area contributed by atoms with E-state index in [2.05, 4.69) is 53.0 Å². The molecule has 0 saturated heterocycles. The molecule has 0 atom stereocenters. The van der Waals surface area contributed by atoms with Gasteiger partial charge in [0.2, 0.25) is 0 Å². The van der Waals surface area contributed by atoms with Gasteiger partial charge in [-0.25, -0.2) is 0 Å². The summed E-state index contributed by atoms with van der Waals surface area (Å²) in [5, 5.41) is 7.94. The quantitative estimate of drug-likeness (QED) is 0.715. The van der Waals surface area contributed by atoms with Crippen molar-refractivity contribution in [1.29, 1.82) is 0 Å². The molecule has 0 radical (unpaired) electrons. The van der Waals surface area contributed by atoms with Crippen LogP contribution in [0.5, 0.6) is 0 Å². The number of hydrogen-bond donors (Lipinski definition) is 1. The number of nitrogens with one attached hydrogen (secondary N) is 1. The first-order valence-electron chi connectivity index (χ1n) is 5.90. The minimum Gasteiger partial charge on any atom is -0.345 e. The Labute approximate surface area is 110 Å². The Morgan fingerprint density at radius 3 is 2.78 bits per heavy atom. The molecular formula is C13H14N4S. The molecule has 1 aromatic carbocycles. The maximum absolute atomic E-state index is 5.23. The average Bonchev–Trinajstić information content (AvgIpc) is 2.94. The van der Waals surface area contributed by atoms with Crippen molar-refractivity contribution in [3.05, 3.63) is 41.6 Å². The highest BCUT2D eigenvalue weighted by atomic mass is 32.1. The number of aromatic nitrogens is 4. The van der Waals surface area contributed by atoms with Gasteiger partial charge in [-0.2, -0.15) is 5.10 Å². The molecule has 0 spiro atoms. The molecule has 0 aliphatic rings. The Morgan fingerprint density at radius 1 is 1.28 bits per heavy atom. The SMILES string of the molecule is CC(C)n1ccc2c(-n3cn[nH]c3=S)cccc21. The van der Waals surface area contributed by atoms with E-state index in [1.54, 1.807) is 6.33 Å². The first kappa shape index (κ1) is 11.2. The van der Waals surface area contributed by atoms with Crippen molar-refractivity contribution in [2.24, 2.45) is 0 Å². The van der Waals surface area contributed by atoms with Gasteiger partial charge in [-0.15, -0.1) is 0 Å². The number of rotatable bonds is 2. The largest absolute Gasteiger partial charge is 0.345 e. The molecule has 2 aromatic heterocycles. The molecule has 92 valence electrons. The maximum Gasteiger partial charge on any atom is 0.199 e. The van der Waals surface area contributed by atoms with Crippen LogP contribution in [0.1, 0.15) is 19.9 Å². The van der Waals surface area contributed by atoms with E-state index in [0.29, 0.717) is 10.8 Å². The molecule has 18 heavy (non-hydrogen) atoms. The second-order valence-electron chi connectivity index (χ2n) is 4.56. The van der Waals surface area contributed by atoms with E-state index in [-0.39, 0.29) is 0 Å². The molecule has 0 bridgehead atoms. The standard InChI is InChI=1S/C13H14N4S/c1-9(2)16-7-6-10-11(16)4-3-5-12(10)17-8-14-15-13(17)18/h3-9H,1-2H3,(H,15,18). The normalized spacial score (nSPS) is 11.5. The van der Waals surface area contributed by atoms with Gasteiger partial charge in [0.25, 0.3) is 0 Å². The third-order valence-electron chi connectivity index (χ3n) is 3.11. The third kappa shape index (κ3) is 1.59. The molecular weight excluding hydrogens is 244 g/mol. The van der Waals surface area contributed by atoms with E-state index in [0.717, 1.165) is 5.69 Å². The van der Waals surface area contributed by atoms with Gasteiger partial charge >= 0.3 is 0 Å². The van der Waals surface area contributed by atoms with Gasteiger partial charge in [0.05, 0.1) is 11.2 Å². The van der Waals surface area contributed by atoms with Crippen LogP contribution in [-0.4, -0.2) is 19.3 Å². The predicted octanol–water partition coefficient (Wildman–Crippen LogP) is 3.47. The fraction of sp³-hybridized carbons (Fsp3) is 0.231. The Morgan fingerprint density at radius 2 is 2.11 bits per heavy atom. The zero-order valence-corrected chi connectivity index (χ0v) is 11.1. The summed E-state index contributed by atoms with van der Waals surface area (Å²) in [5.41, 5.74) is 2.27. The van der Waals surface area contributed by atoms with Crippen LogP contribution in [0.2, 0.25) is 0 Å². The zero-order valence-electron chi connectivity index (χ0n) is 10.3. The Balaban J connectivity index is 2.32. The van der Waals surface area contributed by atoms with E-state index in [9.17, 15) is 0 Å². The molecule has 5 heteroatoms. The summed E-state index contributed by atoms with van der Waals surface area (Å²) in [4.78, 5) is 0. The average molecular weight is 258 g/mol. The van der Waals surface area contributed by atoms with Crippen LogP contribution in [0, 0.1) is 4.77 Å². The summed E-state index contributed by atoms with van der Waals surface area (Å²) in [6.45, 7) is 4.35. The minimum atomic E-state index is 0.440. The van der Waals surface area contributed by atoms with Crippen molar-refractivity contribution in [3.63, 3.8) is 0 Å². The molecule has 1 N–H and O–H groups in total. The second kappa shape index (κ2) is 4.10. The van der Waals surface area contributed by atoms with Crippen molar-refractivity contribution >= 4 is 23.1 Å². The van der Waals surface area contributed by atoms with Gasteiger partial charge in [0.15, 0.2) is 4.77 Å². The van der Waals surface area contributed by atoms with E-state index in [1.807, 2.05) is 10.6 Å². The summed E-state index contributed by atoms with van der Waals surface area (Å²) in [6, 6.07) is 8.79. The molecule has 2 heterocycles. The van der Waals surface area contributed by atoms with Gasteiger partial charge in [-0.3, -0.25) is 9.67 Å². The Bertz CT molecular complexity index is 748. The fourth-order valence-corrected chi connectivity index (χ4v) is 2.45. The van der Waals surface area contributed by atoms with Crippen LogP contribution in [0.15, 0.2) is 36.8 Å². The van der Waals surface area contributed by atoms with Gasteiger partial charge < -0.3 is 4.57 Å². The number of benzene rings is 1.